The number of hydrogen-bond donors (Lipinski definition) is 1. The first-order valence-electron chi connectivity index (χ1n) is 10.2. The molecule has 10 heteroatoms. The van der Waals surface area contributed by atoms with Crippen molar-refractivity contribution < 1.29 is 22.0 Å². The standard InChI is InChI=1S/C22H23F2N3O3S2/c23-22(24)32(29,30)20-8-4-2-6-18(20)25-21(28)14-27-11-9-26(10-12-27)13-16-15-31-19-7-3-1-5-17(16)19/h1-8,15,22H,9-14H2,(H,25,28). The number of alkyl halides is 2. The number of benzene rings is 2. The molecule has 0 spiro atoms. The third kappa shape index (κ3) is 4.98. The number of rotatable bonds is 7. The second kappa shape index (κ2) is 9.62. The molecule has 0 aliphatic carbocycles. The third-order valence-electron chi connectivity index (χ3n) is 5.49. The van der Waals surface area contributed by atoms with Crippen molar-refractivity contribution in [1.29, 1.82) is 0 Å². The highest BCUT2D eigenvalue weighted by atomic mass is 32.2. The van der Waals surface area contributed by atoms with E-state index in [1.54, 1.807) is 11.3 Å². The van der Waals surface area contributed by atoms with E-state index in [-0.39, 0.29) is 12.2 Å². The quantitative estimate of drug-likeness (QED) is 0.560. The number of para-hydroxylation sites is 1. The van der Waals surface area contributed by atoms with E-state index in [1.807, 2.05) is 17.0 Å². The van der Waals surface area contributed by atoms with Crippen molar-refractivity contribution >= 4 is 42.9 Å². The van der Waals surface area contributed by atoms with E-state index >= 15 is 0 Å². The van der Waals surface area contributed by atoms with Gasteiger partial charge in [-0.05, 0) is 34.5 Å². The molecule has 1 N–H and O–H groups in total. The number of fused-ring (bicyclic) bond motifs is 1. The van der Waals surface area contributed by atoms with Crippen LogP contribution >= 0.6 is 11.3 Å². The van der Waals surface area contributed by atoms with Crippen LogP contribution in [-0.4, -0.2) is 62.6 Å². The summed E-state index contributed by atoms with van der Waals surface area (Å²) in [5.74, 6) is -3.98. The topological polar surface area (TPSA) is 69.7 Å². The van der Waals surface area contributed by atoms with Crippen LogP contribution in [0.2, 0.25) is 0 Å². The highest BCUT2D eigenvalue weighted by molar-refractivity contribution is 7.91. The van der Waals surface area contributed by atoms with Crippen LogP contribution in [0.15, 0.2) is 58.8 Å². The number of nitrogens with zero attached hydrogens (tertiary/aromatic N) is 2. The molecule has 0 unspecified atom stereocenters. The summed E-state index contributed by atoms with van der Waals surface area (Å²) in [6, 6.07) is 13.6. The fourth-order valence-electron chi connectivity index (χ4n) is 3.81. The van der Waals surface area contributed by atoms with Crippen molar-refractivity contribution in [3.05, 3.63) is 59.5 Å². The van der Waals surface area contributed by atoms with Crippen LogP contribution in [0.25, 0.3) is 10.1 Å². The van der Waals surface area contributed by atoms with Gasteiger partial charge >= 0.3 is 5.76 Å². The lowest BCUT2D eigenvalue weighted by molar-refractivity contribution is -0.117. The first kappa shape index (κ1) is 22.8. The minimum atomic E-state index is -4.80. The lowest BCUT2D eigenvalue weighted by Crippen LogP contribution is -2.48. The molecule has 0 saturated carbocycles. The molecule has 4 rings (SSSR count). The molecule has 6 nitrogen and oxygen atoms in total. The van der Waals surface area contributed by atoms with Crippen LogP contribution in [-0.2, 0) is 21.2 Å². The molecule has 2 heterocycles. The van der Waals surface area contributed by atoms with Gasteiger partial charge in [-0.1, -0.05) is 30.3 Å². The molecule has 32 heavy (non-hydrogen) atoms. The normalized spacial score (nSPS) is 16.0. The van der Waals surface area contributed by atoms with Gasteiger partial charge in [-0.15, -0.1) is 11.3 Å². The van der Waals surface area contributed by atoms with Crippen LogP contribution in [0.4, 0.5) is 14.5 Å². The predicted octanol–water partition coefficient (Wildman–Crippen LogP) is 3.65. The van der Waals surface area contributed by atoms with Gasteiger partial charge in [0.2, 0.25) is 15.7 Å². The third-order valence-corrected chi connectivity index (χ3v) is 7.94. The average Bonchev–Trinajstić information content (AvgIpc) is 3.18. The fourth-order valence-corrected chi connectivity index (χ4v) is 5.65. The zero-order valence-electron chi connectivity index (χ0n) is 17.2. The zero-order valence-corrected chi connectivity index (χ0v) is 18.8. The van der Waals surface area contributed by atoms with Crippen LogP contribution < -0.4 is 5.32 Å². The van der Waals surface area contributed by atoms with E-state index in [0.29, 0.717) is 13.1 Å². The number of thiophene rings is 1. The lowest BCUT2D eigenvalue weighted by Gasteiger charge is -2.34. The van der Waals surface area contributed by atoms with Crippen LogP contribution in [0.3, 0.4) is 0 Å². The Kier molecular flexibility index (Phi) is 6.85. The van der Waals surface area contributed by atoms with E-state index in [2.05, 4.69) is 27.7 Å². The Bertz CT molecular complexity index is 1210. The molecular formula is C22H23F2N3O3S2. The maximum absolute atomic E-state index is 12.9. The van der Waals surface area contributed by atoms with Gasteiger partial charge in [-0.3, -0.25) is 14.6 Å². The predicted molar refractivity (Wildman–Crippen MR) is 122 cm³/mol. The van der Waals surface area contributed by atoms with Crippen LogP contribution in [0.5, 0.6) is 0 Å². The van der Waals surface area contributed by atoms with Crippen molar-refractivity contribution in [2.24, 2.45) is 0 Å². The summed E-state index contributed by atoms with van der Waals surface area (Å²) < 4.78 is 50.9. The Balaban J connectivity index is 1.32. The SMILES string of the molecule is O=C(CN1CCN(Cc2csc3ccccc23)CC1)Nc1ccccc1S(=O)(=O)C(F)F. The van der Waals surface area contributed by atoms with E-state index in [0.717, 1.165) is 25.7 Å². The van der Waals surface area contributed by atoms with E-state index in [4.69, 9.17) is 0 Å². The Morgan fingerprint density at radius 2 is 1.66 bits per heavy atom. The molecule has 1 aliphatic heterocycles. The summed E-state index contributed by atoms with van der Waals surface area (Å²) in [4.78, 5) is 16.2. The number of piperazine rings is 1. The van der Waals surface area contributed by atoms with Crippen molar-refractivity contribution in [2.75, 3.05) is 38.0 Å². The second-order valence-corrected chi connectivity index (χ2v) is 10.5. The number of halogens is 2. The molecule has 1 aliphatic rings. The Morgan fingerprint density at radius 3 is 2.41 bits per heavy atom. The molecule has 1 aromatic heterocycles. The van der Waals surface area contributed by atoms with Crippen molar-refractivity contribution in [3.8, 4) is 0 Å². The molecule has 0 atom stereocenters. The number of amides is 1. The average molecular weight is 480 g/mol. The van der Waals surface area contributed by atoms with E-state index in [9.17, 15) is 22.0 Å². The van der Waals surface area contributed by atoms with Gasteiger partial charge in [0.05, 0.1) is 17.1 Å². The monoisotopic (exact) mass is 479 g/mol. The van der Waals surface area contributed by atoms with Crippen molar-refractivity contribution in [2.45, 2.75) is 17.2 Å². The summed E-state index contributed by atoms with van der Waals surface area (Å²) in [5, 5.41) is 5.95. The van der Waals surface area contributed by atoms with Crippen molar-refractivity contribution in [1.82, 2.24) is 9.80 Å². The molecule has 3 aromatic rings. The Labute approximate surface area is 189 Å². The highest BCUT2D eigenvalue weighted by Crippen LogP contribution is 2.27. The van der Waals surface area contributed by atoms with E-state index < -0.39 is 26.4 Å². The Morgan fingerprint density at radius 1 is 1.00 bits per heavy atom. The summed E-state index contributed by atoms with van der Waals surface area (Å²) in [6.45, 7) is 3.89. The first-order valence-corrected chi connectivity index (χ1v) is 12.6. The van der Waals surface area contributed by atoms with Crippen molar-refractivity contribution in [3.63, 3.8) is 0 Å². The minimum absolute atomic E-state index is 0.0677. The molecule has 0 bridgehead atoms. The number of hydrogen-bond acceptors (Lipinski definition) is 6. The van der Waals surface area contributed by atoms with Gasteiger partial charge in [-0.25, -0.2) is 8.42 Å². The number of sulfone groups is 1. The minimum Gasteiger partial charge on any atom is -0.324 e. The smallest absolute Gasteiger partial charge is 0.324 e. The number of anilines is 1. The fraction of sp³-hybridized carbons (Fsp3) is 0.318. The molecule has 0 radical (unpaired) electrons. The van der Waals surface area contributed by atoms with Crippen LogP contribution in [0, 0.1) is 0 Å². The number of carbonyl (C=O) groups is 1. The maximum Gasteiger partial charge on any atom is 0.341 e. The first-order chi connectivity index (χ1) is 15.3. The lowest BCUT2D eigenvalue weighted by atomic mass is 10.1. The Hall–Kier alpha value is -2.40. The molecular weight excluding hydrogens is 456 g/mol. The summed E-state index contributed by atoms with van der Waals surface area (Å²) >= 11 is 1.74. The molecule has 1 amide bonds. The summed E-state index contributed by atoms with van der Waals surface area (Å²) in [7, 11) is -4.80. The second-order valence-electron chi connectivity index (χ2n) is 7.66. The largest absolute Gasteiger partial charge is 0.341 e. The zero-order chi connectivity index (χ0) is 22.7. The summed E-state index contributed by atoms with van der Waals surface area (Å²) in [6.07, 6.45) is 0. The van der Waals surface area contributed by atoms with Gasteiger partial charge in [0.1, 0.15) is 0 Å². The molecule has 2 aromatic carbocycles. The molecule has 1 saturated heterocycles. The van der Waals surface area contributed by atoms with Gasteiger partial charge < -0.3 is 5.32 Å². The maximum atomic E-state index is 12.9. The highest BCUT2D eigenvalue weighted by Gasteiger charge is 2.29. The number of carbonyl (C=O) groups excluding carboxylic acids is 1. The van der Waals surface area contributed by atoms with E-state index in [1.165, 1.54) is 33.8 Å². The van der Waals surface area contributed by atoms with Gasteiger partial charge in [-0.2, -0.15) is 8.78 Å². The number of nitrogens with one attached hydrogen (secondary N) is 1. The van der Waals surface area contributed by atoms with Gasteiger partial charge in [0.25, 0.3) is 0 Å². The molecule has 170 valence electrons. The van der Waals surface area contributed by atoms with Gasteiger partial charge in [0, 0.05) is 37.4 Å². The van der Waals surface area contributed by atoms with Crippen LogP contribution in [0.1, 0.15) is 5.56 Å². The summed E-state index contributed by atoms with van der Waals surface area (Å²) in [5.41, 5.74) is 1.18. The molecule has 1 fully saturated rings. The van der Waals surface area contributed by atoms with Gasteiger partial charge in [0.15, 0.2) is 0 Å².